The Labute approximate surface area is 130 Å². The third-order valence-corrected chi connectivity index (χ3v) is 4.83. The molecule has 1 aliphatic rings. The van der Waals surface area contributed by atoms with Crippen molar-refractivity contribution in [2.45, 2.75) is 44.4 Å². The fourth-order valence-corrected chi connectivity index (χ4v) is 3.34. The van der Waals surface area contributed by atoms with Gasteiger partial charge in [0, 0.05) is 11.4 Å². The number of thiophene rings is 1. The van der Waals surface area contributed by atoms with Crippen LogP contribution in [0.5, 0.6) is 0 Å². The number of nitrogens with one attached hydrogen (secondary N) is 1. The van der Waals surface area contributed by atoms with Crippen LogP contribution in [-0.4, -0.2) is 35.5 Å². The molecule has 0 bridgehead atoms. The van der Waals surface area contributed by atoms with Gasteiger partial charge >= 0.3 is 12.1 Å². The topological polar surface area (TPSA) is 49.4 Å². The molecule has 22 heavy (non-hydrogen) atoms. The molecule has 0 aliphatic carbocycles. The molecule has 8 heteroatoms. The first-order chi connectivity index (χ1) is 10.1. The van der Waals surface area contributed by atoms with Gasteiger partial charge in [-0.15, -0.1) is 11.3 Å². The predicted molar refractivity (Wildman–Crippen MR) is 76.3 cm³/mol. The van der Waals surface area contributed by atoms with Crippen LogP contribution in [0.3, 0.4) is 0 Å². The Morgan fingerprint density at radius 1 is 1.36 bits per heavy atom. The van der Waals surface area contributed by atoms with E-state index in [2.05, 4.69) is 5.32 Å². The molecule has 2 amide bonds. The van der Waals surface area contributed by atoms with E-state index in [0.717, 1.165) is 4.88 Å². The highest BCUT2D eigenvalue weighted by atomic mass is 32.1. The summed E-state index contributed by atoms with van der Waals surface area (Å²) in [6, 6.07) is 2.62. The summed E-state index contributed by atoms with van der Waals surface area (Å²) in [7, 11) is 0. The van der Waals surface area contributed by atoms with E-state index in [1.807, 2.05) is 17.5 Å². The summed E-state index contributed by atoms with van der Waals surface area (Å²) in [5, 5.41) is 4.61. The van der Waals surface area contributed by atoms with Crippen LogP contribution in [0.4, 0.5) is 13.2 Å². The molecule has 1 fully saturated rings. The number of likely N-dealkylation sites (tertiary alicyclic amines) is 1. The first-order valence-corrected chi connectivity index (χ1v) is 7.74. The van der Waals surface area contributed by atoms with Crippen LogP contribution in [0.15, 0.2) is 17.5 Å². The molecular weight excluding hydrogens is 317 g/mol. The molecule has 2 rings (SSSR count). The number of alkyl halides is 3. The van der Waals surface area contributed by atoms with Crippen molar-refractivity contribution in [3.05, 3.63) is 22.4 Å². The van der Waals surface area contributed by atoms with Gasteiger partial charge in [0.15, 0.2) is 0 Å². The number of carbonyl (C=O) groups is 2. The highest BCUT2D eigenvalue weighted by Gasteiger charge is 2.48. The largest absolute Gasteiger partial charge is 0.471 e. The van der Waals surface area contributed by atoms with Crippen LogP contribution in [0.2, 0.25) is 0 Å². The molecule has 0 aromatic carbocycles. The summed E-state index contributed by atoms with van der Waals surface area (Å²) in [6.07, 6.45) is -4.32. The van der Waals surface area contributed by atoms with Crippen molar-refractivity contribution in [3.63, 3.8) is 0 Å². The fraction of sp³-hybridized carbons (Fsp3) is 0.571. The maximum Gasteiger partial charge on any atom is 0.471 e. The number of carbonyl (C=O) groups excluding carboxylic acids is 2. The Kier molecular flexibility index (Phi) is 4.51. The van der Waals surface area contributed by atoms with Crippen molar-refractivity contribution < 1.29 is 22.8 Å². The van der Waals surface area contributed by atoms with Gasteiger partial charge in [-0.05, 0) is 38.1 Å². The Balaban J connectivity index is 2.10. The third kappa shape index (κ3) is 3.43. The lowest BCUT2D eigenvalue weighted by Gasteiger charge is -2.30. The molecule has 0 spiro atoms. The van der Waals surface area contributed by atoms with Gasteiger partial charge in [-0.2, -0.15) is 13.2 Å². The Morgan fingerprint density at radius 3 is 2.59 bits per heavy atom. The Bertz CT molecular complexity index is 555. The van der Waals surface area contributed by atoms with Crippen molar-refractivity contribution in [2.24, 2.45) is 0 Å². The average Bonchev–Trinajstić information content (AvgIpc) is 3.07. The van der Waals surface area contributed by atoms with E-state index in [0.29, 0.717) is 11.3 Å². The van der Waals surface area contributed by atoms with Crippen LogP contribution in [-0.2, 0) is 15.1 Å². The number of hydrogen-bond donors (Lipinski definition) is 1. The molecule has 1 aromatic heterocycles. The lowest BCUT2D eigenvalue weighted by atomic mass is 10.0. The fourth-order valence-electron chi connectivity index (χ4n) is 2.53. The van der Waals surface area contributed by atoms with Gasteiger partial charge in [-0.3, -0.25) is 9.59 Å². The first kappa shape index (κ1) is 16.8. The molecule has 2 heterocycles. The second kappa shape index (κ2) is 5.91. The molecule has 1 unspecified atom stereocenters. The van der Waals surface area contributed by atoms with E-state index in [1.165, 1.54) is 11.3 Å². The Hall–Kier alpha value is -1.57. The number of amides is 2. The van der Waals surface area contributed by atoms with Crippen LogP contribution in [0, 0.1) is 0 Å². The van der Waals surface area contributed by atoms with Gasteiger partial charge in [-0.1, -0.05) is 6.07 Å². The van der Waals surface area contributed by atoms with Crippen LogP contribution >= 0.6 is 11.3 Å². The zero-order valence-electron chi connectivity index (χ0n) is 12.2. The van der Waals surface area contributed by atoms with E-state index >= 15 is 0 Å². The summed E-state index contributed by atoms with van der Waals surface area (Å²) in [5.74, 6) is -2.49. The smallest absolute Gasteiger partial charge is 0.345 e. The van der Waals surface area contributed by atoms with E-state index in [9.17, 15) is 22.8 Å². The minimum atomic E-state index is -4.95. The second-order valence-electron chi connectivity index (χ2n) is 5.75. The van der Waals surface area contributed by atoms with Crippen molar-refractivity contribution in [1.82, 2.24) is 10.2 Å². The lowest BCUT2D eigenvalue weighted by molar-refractivity contribution is -0.186. The zero-order chi connectivity index (χ0) is 16.5. The summed E-state index contributed by atoms with van der Waals surface area (Å²) < 4.78 is 37.7. The SMILES string of the molecule is CC(C)(NC(=O)C1CCCN1C(=O)C(F)(F)F)c1cccs1. The average molecular weight is 334 g/mol. The van der Waals surface area contributed by atoms with Crippen molar-refractivity contribution in [1.29, 1.82) is 0 Å². The highest BCUT2D eigenvalue weighted by Crippen LogP contribution is 2.28. The standard InChI is InChI=1S/C14H17F3N2O2S/c1-13(2,10-6-4-8-22-10)18-11(20)9-5-3-7-19(9)12(21)14(15,16)17/h4,6,8-9H,3,5,7H2,1-2H3,(H,18,20). The maximum absolute atomic E-state index is 12.6. The number of halogens is 3. The van der Waals surface area contributed by atoms with E-state index < -0.39 is 29.6 Å². The minimum Gasteiger partial charge on any atom is -0.345 e. The molecule has 1 aliphatic heterocycles. The highest BCUT2D eigenvalue weighted by molar-refractivity contribution is 7.10. The quantitative estimate of drug-likeness (QED) is 0.924. The molecule has 1 atom stereocenters. The summed E-state index contributed by atoms with van der Waals surface area (Å²) in [4.78, 5) is 25.2. The van der Waals surface area contributed by atoms with Crippen molar-refractivity contribution in [3.8, 4) is 0 Å². The molecule has 122 valence electrons. The number of nitrogens with zero attached hydrogens (tertiary/aromatic N) is 1. The monoisotopic (exact) mass is 334 g/mol. The summed E-state index contributed by atoms with van der Waals surface area (Å²) in [6.45, 7) is 3.51. The normalized spacial score (nSPS) is 19.3. The second-order valence-corrected chi connectivity index (χ2v) is 6.69. The molecule has 0 saturated carbocycles. The van der Waals surface area contributed by atoms with Crippen LogP contribution < -0.4 is 5.32 Å². The summed E-state index contributed by atoms with van der Waals surface area (Å²) in [5.41, 5.74) is -0.694. The third-order valence-electron chi connectivity index (χ3n) is 3.63. The van der Waals surface area contributed by atoms with E-state index in [4.69, 9.17) is 0 Å². The molecule has 4 nitrogen and oxygen atoms in total. The predicted octanol–water partition coefficient (Wildman–Crippen LogP) is 2.65. The number of rotatable bonds is 3. The van der Waals surface area contributed by atoms with Gasteiger partial charge in [0.1, 0.15) is 6.04 Å². The molecule has 1 aromatic rings. The van der Waals surface area contributed by atoms with Gasteiger partial charge in [0.2, 0.25) is 5.91 Å². The first-order valence-electron chi connectivity index (χ1n) is 6.87. The molecule has 1 N–H and O–H groups in total. The van der Waals surface area contributed by atoms with Crippen molar-refractivity contribution >= 4 is 23.2 Å². The van der Waals surface area contributed by atoms with E-state index in [-0.39, 0.29) is 13.0 Å². The minimum absolute atomic E-state index is 0.0458. The lowest BCUT2D eigenvalue weighted by Crippen LogP contribution is -2.53. The van der Waals surface area contributed by atoms with Crippen molar-refractivity contribution in [2.75, 3.05) is 6.54 Å². The van der Waals surface area contributed by atoms with Gasteiger partial charge < -0.3 is 10.2 Å². The Morgan fingerprint density at radius 2 is 2.05 bits per heavy atom. The summed E-state index contributed by atoms with van der Waals surface area (Å²) >= 11 is 1.45. The van der Waals surface area contributed by atoms with E-state index in [1.54, 1.807) is 13.8 Å². The molecule has 0 radical (unpaired) electrons. The van der Waals surface area contributed by atoms with Gasteiger partial charge in [0.05, 0.1) is 5.54 Å². The zero-order valence-corrected chi connectivity index (χ0v) is 13.1. The molecular formula is C14H17F3N2O2S. The molecule has 1 saturated heterocycles. The van der Waals surface area contributed by atoms with Crippen LogP contribution in [0.25, 0.3) is 0 Å². The van der Waals surface area contributed by atoms with Gasteiger partial charge in [-0.25, -0.2) is 0 Å². The van der Waals surface area contributed by atoms with Gasteiger partial charge in [0.25, 0.3) is 0 Å². The van der Waals surface area contributed by atoms with Crippen LogP contribution in [0.1, 0.15) is 31.6 Å². The number of hydrogen-bond acceptors (Lipinski definition) is 3. The maximum atomic E-state index is 12.6.